The van der Waals surface area contributed by atoms with Crippen LogP contribution in [-0.4, -0.2) is 41.5 Å². The minimum Gasteiger partial charge on any atom is -0.481 e. The number of hydrogen-bond acceptors (Lipinski definition) is 4. The first-order valence-corrected chi connectivity index (χ1v) is 6.57. The van der Waals surface area contributed by atoms with Crippen molar-refractivity contribution in [1.82, 2.24) is 5.32 Å². The normalized spacial score (nSPS) is 33.8. The van der Waals surface area contributed by atoms with Crippen LogP contribution in [-0.2, 0) is 14.3 Å². The number of carbonyl (C=O) groups excluding carboxylic acids is 1. The number of carbonyl (C=O) groups is 2. The number of fused-ring (bicyclic) bond motifs is 1. The molecule has 2 aliphatic rings. The lowest BCUT2D eigenvalue weighted by atomic mass is 9.83. The summed E-state index contributed by atoms with van der Waals surface area (Å²) in [6.45, 7) is 5.85. The highest BCUT2D eigenvalue weighted by molar-refractivity contribution is 5.77. The zero-order valence-corrected chi connectivity index (χ0v) is 11.6. The van der Waals surface area contributed by atoms with Crippen LogP contribution >= 0.6 is 0 Å². The number of carboxylic acid groups (broad SMARTS) is 1. The zero-order chi connectivity index (χ0) is 14.3. The smallest absolute Gasteiger partial charge is 0.407 e. The molecule has 0 aromatic heterocycles. The molecular formula is C13H21NO5. The van der Waals surface area contributed by atoms with Gasteiger partial charge in [0.05, 0.1) is 11.5 Å². The van der Waals surface area contributed by atoms with E-state index in [1.807, 2.05) is 0 Å². The molecule has 0 bridgehead atoms. The van der Waals surface area contributed by atoms with Gasteiger partial charge in [-0.05, 0) is 40.0 Å². The standard InChI is InChI=1S/C13H21NO5/c1-12(2,3)19-11(17)14-8-6-9-13(7-8,10(15)16)4-5-18-9/h8-9H,4-7H2,1-3H3,(H,14,17)(H,15,16)/t8-,9-,13?/m1/s1. The molecule has 1 amide bonds. The first-order chi connectivity index (χ1) is 8.73. The number of rotatable bonds is 2. The Kier molecular flexibility index (Phi) is 3.47. The summed E-state index contributed by atoms with van der Waals surface area (Å²) >= 11 is 0. The molecule has 19 heavy (non-hydrogen) atoms. The average molecular weight is 271 g/mol. The molecule has 1 unspecified atom stereocenters. The van der Waals surface area contributed by atoms with Crippen molar-refractivity contribution in [3.05, 3.63) is 0 Å². The average Bonchev–Trinajstić information content (AvgIpc) is 2.70. The van der Waals surface area contributed by atoms with Crippen LogP contribution in [0.2, 0.25) is 0 Å². The third-order valence-corrected chi connectivity index (χ3v) is 3.74. The van der Waals surface area contributed by atoms with E-state index in [1.165, 1.54) is 0 Å². The monoisotopic (exact) mass is 271 g/mol. The fraction of sp³-hybridized carbons (Fsp3) is 0.846. The Bertz CT molecular complexity index is 389. The number of aliphatic carboxylic acids is 1. The van der Waals surface area contributed by atoms with E-state index >= 15 is 0 Å². The van der Waals surface area contributed by atoms with Gasteiger partial charge in [-0.25, -0.2) is 4.79 Å². The van der Waals surface area contributed by atoms with Crippen molar-refractivity contribution in [3.63, 3.8) is 0 Å². The number of hydrogen-bond donors (Lipinski definition) is 2. The molecule has 0 aromatic carbocycles. The maximum Gasteiger partial charge on any atom is 0.407 e. The minimum atomic E-state index is -0.834. The van der Waals surface area contributed by atoms with E-state index in [4.69, 9.17) is 9.47 Å². The van der Waals surface area contributed by atoms with E-state index in [-0.39, 0.29) is 12.1 Å². The summed E-state index contributed by atoms with van der Waals surface area (Å²) in [6, 6.07) is -0.198. The molecule has 3 atom stereocenters. The van der Waals surface area contributed by atoms with E-state index in [1.54, 1.807) is 20.8 Å². The molecule has 2 N–H and O–H groups in total. The van der Waals surface area contributed by atoms with Gasteiger partial charge in [-0.3, -0.25) is 4.79 Å². The Labute approximate surface area is 112 Å². The number of alkyl carbamates (subject to hydrolysis) is 1. The summed E-state index contributed by atoms with van der Waals surface area (Å²) in [7, 11) is 0. The van der Waals surface area contributed by atoms with E-state index in [9.17, 15) is 14.7 Å². The number of ether oxygens (including phenoxy) is 2. The molecular weight excluding hydrogens is 250 g/mol. The molecule has 6 heteroatoms. The van der Waals surface area contributed by atoms with Crippen molar-refractivity contribution in [1.29, 1.82) is 0 Å². The van der Waals surface area contributed by atoms with E-state index < -0.39 is 23.1 Å². The lowest BCUT2D eigenvalue weighted by molar-refractivity contribution is -0.150. The second-order valence-corrected chi connectivity index (χ2v) is 6.35. The highest BCUT2D eigenvalue weighted by atomic mass is 16.6. The molecule has 1 aliphatic heterocycles. The molecule has 0 radical (unpaired) electrons. The van der Waals surface area contributed by atoms with Gasteiger partial charge in [-0.2, -0.15) is 0 Å². The van der Waals surface area contributed by atoms with Crippen molar-refractivity contribution >= 4 is 12.1 Å². The van der Waals surface area contributed by atoms with Gasteiger partial charge >= 0.3 is 12.1 Å². The largest absolute Gasteiger partial charge is 0.481 e. The van der Waals surface area contributed by atoms with Gasteiger partial charge < -0.3 is 19.9 Å². The van der Waals surface area contributed by atoms with E-state index in [0.29, 0.717) is 25.9 Å². The van der Waals surface area contributed by atoms with Crippen LogP contribution in [0, 0.1) is 5.41 Å². The van der Waals surface area contributed by atoms with Crippen molar-refractivity contribution < 1.29 is 24.2 Å². The van der Waals surface area contributed by atoms with Gasteiger partial charge in [0.1, 0.15) is 5.60 Å². The fourth-order valence-corrected chi connectivity index (χ4v) is 2.93. The van der Waals surface area contributed by atoms with Crippen LogP contribution in [0.4, 0.5) is 4.79 Å². The maximum absolute atomic E-state index is 11.7. The predicted molar refractivity (Wildman–Crippen MR) is 66.8 cm³/mol. The summed E-state index contributed by atoms with van der Waals surface area (Å²) in [6.07, 6.45) is 0.653. The van der Waals surface area contributed by atoms with Gasteiger partial charge in [0.2, 0.25) is 0 Å². The molecule has 2 fully saturated rings. The van der Waals surface area contributed by atoms with Crippen LogP contribution in [0.3, 0.4) is 0 Å². The van der Waals surface area contributed by atoms with E-state index in [0.717, 1.165) is 0 Å². The second kappa shape index (κ2) is 4.67. The van der Waals surface area contributed by atoms with Crippen LogP contribution in [0.15, 0.2) is 0 Å². The lowest BCUT2D eigenvalue weighted by Crippen LogP contribution is -2.39. The molecule has 1 saturated heterocycles. The Hall–Kier alpha value is -1.30. The summed E-state index contributed by atoms with van der Waals surface area (Å²) in [5.41, 5.74) is -1.39. The van der Waals surface area contributed by atoms with Crippen molar-refractivity contribution in [2.45, 2.75) is 57.8 Å². The van der Waals surface area contributed by atoms with Crippen LogP contribution < -0.4 is 5.32 Å². The molecule has 2 rings (SSSR count). The predicted octanol–water partition coefficient (Wildman–Crippen LogP) is 1.53. The highest BCUT2D eigenvalue weighted by Crippen LogP contribution is 2.47. The highest BCUT2D eigenvalue weighted by Gasteiger charge is 2.57. The third-order valence-electron chi connectivity index (χ3n) is 3.74. The van der Waals surface area contributed by atoms with Crippen molar-refractivity contribution in [3.8, 4) is 0 Å². The summed E-state index contributed by atoms with van der Waals surface area (Å²) in [4.78, 5) is 23.1. The fourth-order valence-electron chi connectivity index (χ4n) is 2.93. The number of carboxylic acids is 1. The molecule has 108 valence electrons. The molecule has 0 aromatic rings. The van der Waals surface area contributed by atoms with Crippen molar-refractivity contribution in [2.75, 3.05) is 6.61 Å². The van der Waals surface area contributed by atoms with Gasteiger partial charge in [0.25, 0.3) is 0 Å². The summed E-state index contributed by atoms with van der Waals surface area (Å²) in [5.74, 6) is -0.830. The third kappa shape index (κ3) is 2.83. The van der Waals surface area contributed by atoms with Crippen LogP contribution in [0.1, 0.15) is 40.0 Å². The second-order valence-electron chi connectivity index (χ2n) is 6.35. The van der Waals surface area contributed by atoms with Gasteiger partial charge in [-0.15, -0.1) is 0 Å². The molecule has 0 spiro atoms. The minimum absolute atomic E-state index is 0.198. The first kappa shape index (κ1) is 14.1. The molecule has 1 saturated carbocycles. The molecule has 1 heterocycles. The number of amides is 1. The summed E-state index contributed by atoms with van der Waals surface area (Å²) in [5, 5.41) is 12.1. The van der Waals surface area contributed by atoms with Gasteiger partial charge in [0.15, 0.2) is 0 Å². The van der Waals surface area contributed by atoms with Gasteiger partial charge in [-0.1, -0.05) is 0 Å². The topological polar surface area (TPSA) is 84.9 Å². The Morgan fingerprint density at radius 2 is 2.11 bits per heavy atom. The summed E-state index contributed by atoms with van der Waals surface area (Å²) < 4.78 is 10.7. The Morgan fingerprint density at radius 1 is 1.42 bits per heavy atom. The quantitative estimate of drug-likeness (QED) is 0.795. The van der Waals surface area contributed by atoms with E-state index in [2.05, 4.69) is 5.32 Å². The van der Waals surface area contributed by atoms with Crippen LogP contribution in [0.5, 0.6) is 0 Å². The Balaban J connectivity index is 1.95. The molecule has 1 aliphatic carbocycles. The Morgan fingerprint density at radius 3 is 2.63 bits per heavy atom. The SMILES string of the molecule is CC(C)(C)OC(=O)N[C@@H]1C[C@H]2OCCC2(C(=O)O)C1. The van der Waals surface area contributed by atoms with Crippen molar-refractivity contribution in [2.24, 2.45) is 5.41 Å². The first-order valence-electron chi connectivity index (χ1n) is 6.57. The maximum atomic E-state index is 11.7. The lowest BCUT2D eigenvalue weighted by Gasteiger charge is -2.23. The zero-order valence-electron chi connectivity index (χ0n) is 11.6. The molecule has 6 nitrogen and oxygen atoms in total. The van der Waals surface area contributed by atoms with Gasteiger partial charge in [0, 0.05) is 12.6 Å². The van der Waals surface area contributed by atoms with Crippen LogP contribution in [0.25, 0.3) is 0 Å². The number of nitrogens with one attached hydrogen (secondary N) is 1.